The summed E-state index contributed by atoms with van der Waals surface area (Å²) in [4.78, 5) is 16.7. The fraction of sp³-hybridized carbons (Fsp3) is 0.381. The zero-order valence-electron chi connectivity index (χ0n) is 16.3. The minimum atomic E-state index is -3.77. The number of hydrogen-bond donors (Lipinski definition) is 0. The lowest BCUT2D eigenvalue weighted by Gasteiger charge is -2.35. The van der Waals surface area contributed by atoms with E-state index in [1.165, 1.54) is 0 Å². The topological polar surface area (TPSA) is 57.7 Å². The van der Waals surface area contributed by atoms with Gasteiger partial charge in [-0.3, -0.25) is 9.10 Å². The predicted molar refractivity (Wildman–Crippen MR) is 119 cm³/mol. The highest BCUT2D eigenvalue weighted by Crippen LogP contribution is 2.48. The van der Waals surface area contributed by atoms with E-state index in [0.717, 1.165) is 27.6 Å². The van der Waals surface area contributed by atoms with E-state index in [1.807, 2.05) is 30.3 Å². The normalized spacial score (nSPS) is 23.2. The van der Waals surface area contributed by atoms with Gasteiger partial charge < -0.3 is 4.90 Å². The van der Waals surface area contributed by atoms with Crippen molar-refractivity contribution in [2.75, 3.05) is 22.3 Å². The number of nitrogens with zero attached hydrogens (tertiary/aromatic N) is 2. The first-order valence-electron chi connectivity index (χ1n) is 9.81. The Balaban J connectivity index is 1.65. The summed E-state index contributed by atoms with van der Waals surface area (Å²) in [5.74, 6) is -0.00270. The van der Waals surface area contributed by atoms with Crippen LogP contribution in [0.15, 0.2) is 51.1 Å². The van der Waals surface area contributed by atoms with Crippen LogP contribution in [0.2, 0.25) is 0 Å². The van der Waals surface area contributed by atoms with Gasteiger partial charge in [-0.15, -0.1) is 23.5 Å². The van der Waals surface area contributed by atoms with Crippen LogP contribution in [0.5, 0.6) is 0 Å². The van der Waals surface area contributed by atoms with Crippen molar-refractivity contribution in [3.8, 4) is 0 Å². The molecule has 0 spiro atoms. The molecule has 2 atom stereocenters. The summed E-state index contributed by atoms with van der Waals surface area (Å²) in [5.41, 5.74) is 2.21. The maximum atomic E-state index is 13.8. The van der Waals surface area contributed by atoms with Crippen molar-refractivity contribution in [3.05, 3.63) is 42.0 Å². The summed E-state index contributed by atoms with van der Waals surface area (Å²) in [6.45, 7) is 5.26. The molecule has 5 nitrogen and oxygen atoms in total. The lowest BCUT2D eigenvalue weighted by atomic mass is 10.1. The van der Waals surface area contributed by atoms with Gasteiger partial charge in [-0.2, -0.15) is 0 Å². The van der Waals surface area contributed by atoms with E-state index in [2.05, 4.69) is 13.8 Å². The Morgan fingerprint density at radius 1 is 1.07 bits per heavy atom. The zero-order chi connectivity index (χ0) is 20.3. The summed E-state index contributed by atoms with van der Waals surface area (Å²) in [6.07, 6.45) is 1.05. The molecular formula is C21H22N2O3S3. The van der Waals surface area contributed by atoms with Gasteiger partial charge in [0.05, 0.1) is 22.7 Å². The molecular weight excluding hydrogens is 424 g/mol. The molecule has 0 unspecified atom stereocenters. The summed E-state index contributed by atoms with van der Waals surface area (Å²) >= 11 is 3.46. The second-order valence-corrected chi connectivity index (χ2v) is 12.3. The van der Waals surface area contributed by atoms with E-state index >= 15 is 0 Å². The number of anilines is 2. The van der Waals surface area contributed by atoms with Gasteiger partial charge >= 0.3 is 0 Å². The molecule has 0 aromatic heterocycles. The molecule has 0 fully saturated rings. The highest BCUT2D eigenvalue weighted by atomic mass is 32.2. The van der Waals surface area contributed by atoms with Crippen LogP contribution in [0.25, 0.3) is 0 Å². The molecule has 8 heteroatoms. The average molecular weight is 447 g/mol. The Kier molecular flexibility index (Phi) is 4.64. The van der Waals surface area contributed by atoms with Crippen LogP contribution >= 0.6 is 23.5 Å². The number of amides is 1. The smallest absolute Gasteiger partial charge is 0.264 e. The van der Waals surface area contributed by atoms with Crippen LogP contribution in [0.1, 0.15) is 25.8 Å². The predicted octanol–water partition coefficient (Wildman–Crippen LogP) is 4.15. The van der Waals surface area contributed by atoms with Crippen molar-refractivity contribution in [1.29, 1.82) is 0 Å². The fourth-order valence-corrected chi connectivity index (χ4v) is 8.56. The molecule has 0 bridgehead atoms. The lowest BCUT2D eigenvalue weighted by molar-refractivity contribution is -0.117. The number of rotatable bonds is 3. The SMILES string of the molecule is CC[C@@H]1CN(S(=O)(=O)c2ccc3c4c2CC(=O)N4C[C@@H](C)S3)c2ccccc2S1. The molecule has 1 amide bonds. The lowest BCUT2D eigenvalue weighted by Crippen LogP contribution is -2.39. The number of carbonyl (C=O) groups is 1. The first-order valence-corrected chi connectivity index (χ1v) is 13.0. The van der Waals surface area contributed by atoms with Crippen LogP contribution in [0, 0.1) is 0 Å². The van der Waals surface area contributed by atoms with E-state index in [-0.39, 0.29) is 22.5 Å². The monoisotopic (exact) mass is 446 g/mol. The van der Waals surface area contributed by atoms with Crippen LogP contribution < -0.4 is 9.21 Å². The van der Waals surface area contributed by atoms with Gasteiger partial charge in [0.25, 0.3) is 10.0 Å². The Hall–Kier alpha value is -1.64. The van der Waals surface area contributed by atoms with E-state index < -0.39 is 10.0 Å². The first-order chi connectivity index (χ1) is 13.9. The van der Waals surface area contributed by atoms with E-state index in [4.69, 9.17) is 0 Å². The van der Waals surface area contributed by atoms with Crippen molar-refractivity contribution in [3.63, 3.8) is 0 Å². The average Bonchev–Trinajstić information content (AvgIpc) is 3.04. The van der Waals surface area contributed by atoms with E-state index in [9.17, 15) is 13.2 Å². The molecule has 152 valence electrons. The Morgan fingerprint density at radius 3 is 2.66 bits per heavy atom. The zero-order valence-corrected chi connectivity index (χ0v) is 18.7. The molecule has 29 heavy (non-hydrogen) atoms. The standard InChI is InChI=1S/C21H22N2O3S3/c1-3-14-12-23(16-6-4-5-7-17(16)28-14)29(25,26)19-9-8-18-21-15(19)10-20(24)22(21)11-13(2)27-18/h4-9,13-14H,3,10-12H2,1-2H3/t13-,14-/m1/s1. The molecule has 0 aliphatic carbocycles. The Morgan fingerprint density at radius 2 is 1.86 bits per heavy atom. The number of sulfonamides is 1. The molecule has 0 saturated carbocycles. The van der Waals surface area contributed by atoms with Crippen LogP contribution in [-0.2, 0) is 21.2 Å². The summed E-state index contributed by atoms with van der Waals surface area (Å²) in [7, 11) is -3.77. The number of fused-ring (bicyclic) bond motifs is 1. The number of hydrogen-bond acceptors (Lipinski definition) is 5. The van der Waals surface area contributed by atoms with E-state index in [0.29, 0.717) is 23.9 Å². The first kappa shape index (κ1) is 19.3. The van der Waals surface area contributed by atoms with Gasteiger partial charge in [-0.05, 0) is 30.7 Å². The van der Waals surface area contributed by atoms with Crippen LogP contribution in [0.4, 0.5) is 11.4 Å². The van der Waals surface area contributed by atoms with Crippen molar-refractivity contribution >= 4 is 50.8 Å². The minimum Gasteiger partial charge on any atom is -0.310 e. The quantitative estimate of drug-likeness (QED) is 0.709. The number of para-hydroxylation sites is 1. The maximum Gasteiger partial charge on any atom is 0.264 e. The second-order valence-electron chi connectivity index (χ2n) is 7.65. The van der Waals surface area contributed by atoms with Crippen molar-refractivity contribution in [2.24, 2.45) is 0 Å². The maximum absolute atomic E-state index is 13.8. The number of carbonyl (C=O) groups excluding carboxylic acids is 1. The van der Waals surface area contributed by atoms with Gasteiger partial charge in [-0.1, -0.05) is 26.0 Å². The molecule has 0 N–H and O–H groups in total. The van der Waals surface area contributed by atoms with Gasteiger partial charge in [0, 0.05) is 38.9 Å². The van der Waals surface area contributed by atoms with Gasteiger partial charge in [0.1, 0.15) is 0 Å². The van der Waals surface area contributed by atoms with Crippen molar-refractivity contribution in [1.82, 2.24) is 0 Å². The van der Waals surface area contributed by atoms with E-state index in [1.54, 1.807) is 38.8 Å². The second kappa shape index (κ2) is 6.96. The van der Waals surface area contributed by atoms with Gasteiger partial charge in [0.15, 0.2) is 0 Å². The fourth-order valence-electron chi connectivity index (χ4n) is 4.30. The largest absolute Gasteiger partial charge is 0.310 e. The molecule has 5 rings (SSSR count). The van der Waals surface area contributed by atoms with Crippen molar-refractivity contribution in [2.45, 2.75) is 51.9 Å². The Labute approximate surface area is 179 Å². The molecule has 0 radical (unpaired) electrons. The Bertz CT molecular complexity index is 1120. The van der Waals surface area contributed by atoms with Crippen LogP contribution in [-0.4, -0.2) is 37.9 Å². The molecule has 3 aliphatic rings. The summed E-state index contributed by atoms with van der Waals surface area (Å²) in [6, 6.07) is 11.3. The number of thioether (sulfide) groups is 2. The third-order valence-electron chi connectivity index (χ3n) is 5.69. The molecule has 3 heterocycles. The summed E-state index contributed by atoms with van der Waals surface area (Å²) < 4.78 is 29.2. The third kappa shape index (κ3) is 2.99. The molecule has 2 aromatic carbocycles. The van der Waals surface area contributed by atoms with Crippen LogP contribution in [0.3, 0.4) is 0 Å². The molecule has 2 aromatic rings. The number of benzene rings is 2. The van der Waals surface area contributed by atoms with Gasteiger partial charge in [0.2, 0.25) is 5.91 Å². The third-order valence-corrected chi connectivity index (χ3v) is 10.1. The summed E-state index contributed by atoms with van der Waals surface area (Å²) in [5, 5.41) is 0.511. The van der Waals surface area contributed by atoms with Crippen molar-refractivity contribution < 1.29 is 13.2 Å². The molecule has 3 aliphatic heterocycles. The highest BCUT2D eigenvalue weighted by Gasteiger charge is 2.41. The molecule has 0 saturated heterocycles. The highest BCUT2D eigenvalue weighted by molar-refractivity contribution is 8.00. The van der Waals surface area contributed by atoms with Gasteiger partial charge in [-0.25, -0.2) is 8.42 Å². The minimum absolute atomic E-state index is 0.00270.